The van der Waals surface area contributed by atoms with E-state index in [-0.39, 0.29) is 35.9 Å². The van der Waals surface area contributed by atoms with Gasteiger partial charge in [-0.05, 0) is 18.6 Å². The highest BCUT2D eigenvalue weighted by Gasteiger charge is 2.13. The van der Waals surface area contributed by atoms with Crippen LogP contribution in [0, 0.1) is 0 Å². The zero-order valence-corrected chi connectivity index (χ0v) is 10.3. The molecule has 0 heterocycles. The van der Waals surface area contributed by atoms with E-state index in [0.717, 1.165) is 0 Å². The fourth-order valence-electron chi connectivity index (χ4n) is 1.18. The molecule has 0 fully saturated rings. The predicted octanol–water partition coefficient (Wildman–Crippen LogP) is 1.15. The van der Waals surface area contributed by atoms with E-state index >= 15 is 0 Å². The molecule has 6 heteroatoms. The zero-order valence-electron chi connectivity index (χ0n) is 8.63. The van der Waals surface area contributed by atoms with Crippen LogP contribution in [-0.4, -0.2) is 20.1 Å². The van der Waals surface area contributed by atoms with Gasteiger partial charge in [0.05, 0.1) is 10.6 Å². The third-order valence-corrected chi connectivity index (χ3v) is 3.76. The van der Waals surface area contributed by atoms with E-state index in [1.807, 2.05) is 0 Å². The molecule has 0 unspecified atom stereocenters. The lowest BCUT2D eigenvalue weighted by Gasteiger charge is -2.02. The van der Waals surface area contributed by atoms with Crippen molar-refractivity contribution in [3.8, 4) is 0 Å². The Morgan fingerprint density at radius 1 is 1.19 bits per heavy atom. The summed E-state index contributed by atoms with van der Waals surface area (Å²) in [4.78, 5) is 10.7. The van der Waals surface area contributed by atoms with Gasteiger partial charge in [-0.15, -0.1) is 12.4 Å². The molecule has 90 valence electrons. The van der Waals surface area contributed by atoms with Gasteiger partial charge in [0.1, 0.15) is 0 Å². The summed E-state index contributed by atoms with van der Waals surface area (Å²) in [5, 5.41) is 0. The second-order valence-corrected chi connectivity index (χ2v) is 5.31. The Labute approximate surface area is 101 Å². The molecule has 1 rings (SSSR count). The minimum atomic E-state index is -3.26. The molecule has 1 amide bonds. The number of halogens is 1. The number of carbonyl (C=O) groups is 1. The standard InChI is InChI=1S/C10H13NO3S.ClH/c11-10(12)7-4-8-15(13,14)9-5-2-1-3-6-9;/h1-3,5-6H,4,7-8H2,(H2,11,12);1H. The van der Waals surface area contributed by atoms with Gasteiger partial charge >= 0.3 is 0 Å². The van der Waals surface area contributed by atoms with Crippen LogP contribution in [-0.2, 0) is 14.6 Å². The van der Waals surface area contributed by atoms with Gasteiger partial charge in [0, 0.05) is 6.42 Å². The fraction of sp³-hybridized carbons (Fsp3) is 0.300. The van der Waals surface area contributed by atoms with Crippen molar-refractivity contribution in [3.63, 3.8) is 0 Å². The minimum absolute atomic E-state index is 0. The Balaban J connectivity index is 0.00000225. The molecule has 2 N–H and O–H groups in total. The first-order valence-corrected chi connectivity index (χ1v) is 6.24. The number of hydrogen-bond donors (Lipinski definition) is 1. The van der Waals surface area contributed by atoms with E-state index in [0.29, 0.717) is 0 Å². The first-order valence-electron chi connectivity index (χ1n) is 4.58. The van der Waals surface area contributed by atoms with Crippen LogP contribution in [0.3, 0.4) is 0 Å². The maximum Gasteiger partial charge on any atom is 0.217 e. The Kier molecular flexibility index (Phi) is 6.06. The lowest BCUT2D eigenvalue weighted by molar-refractivity contribution is -0.118. The monoisotopic (exact) mass is 263 g/mol. The summed E-state index contributed by atoms with van der Waals surface area (Å²) in [6, 6.07) is 8.17. The number of nitrogens with two attached hydrogens (primary N) is 1. The van der Waals surface area contributed by atoms with Crippen molar-refractivity contribution in [1.82, 2.24) is 0 Å². The SMILES string of the molecule is Cl.NC(=O)CCCS(=O)(=O)c1ccccc1. The summed E-state index contributed by atoms with van der Waals surface area (Å²) in [5.41, 5.74) is 4.93. The predicted molar refractivity (Wildman–Crippen MR) is 64.2 cm³/mol. The molecule has 0 aliphatic carbocycles. The van der Waals surface area contributed by atoms with Gasteiger partial charge in [-0.1, -0.05) is 18.2 Å². The molecular formula is C10H14ClNO3S. The fourth-order valence-corrected chi connectivity index (χ4v) is 2.51. The highest BCUT2D eigenvalue weighted by molar-refractivity contribution is 7.91. The second-order valence-electron chi connectivity index (χ2n) is 3.20. The largest absolute Gasteiger partial charge is 0.370 e. The van der Waals surface area contributed by atoms with Gasteiger partial charge in [-0.3, -0.25) is 4.79 Å². The normalized spacial score (nSPS) is 10.5. The van der Waals surface area contributed by atoms with E-state index in [9.17, 15) is 13.2 Å². The number of carbonyl (C=O) groups excluding carboxylic acids is 1. The summed E-state index contributed by atoms with van der Waals surface area (Å²) in [7, 11) is -3.26. The summed E-state index contributed by atoms with van der Waals surface area (Å²) >= 11 is 0. The van der Waals surface area contributed by atoms with E-state index in [1.54, 1.807) is 30.3 Å². The van der Waals surface area contributed by atoms with Crippen LogP contribution in [0.5, 0.6) is 0 Å². The van der Waals surface area contributed by atoms with E-state index in [4.69, 9.17) is 5.73 Å². The summed E-state index contributed by atoms with van der Waals surface area (Å²) in [6.45, 7) is 0. The summed E-state index contributed by atoms with van der Waals surface area (Å²) in [6.07, 6.45) is 0.374. The highest BCUT2D eigenvalue weighted by atomic mass is 35.5. The average molecular weight is 264 g/mol. The van der Waals surface area contributed by atoms with Crippen LogP contribution in [0.25, 0.3) is 0 Å². The molecule has 0 aromatic heterocycles. The highest BCUT2D eigenvalue weighted by Crippen LogP contribution is 2.11. The van der Waals surface area contributed by atoms with Crippen molar-refractivity contribution in [1.29, 1.82) is 0 Å². The Hall–Kier alpha value is -1.07. The van der Waals surface area contributed by atoms with Crippen LogP contribution in [0.2, 0.25) is 0 Å². The minimum Gasteiger partial charge on any atom is -0.370 e. The lowest BCUT2D eigenvalue weighted by Crippen LogP contribution is -2.13. The van der Waals surface area contributed by atoms with Gasteiger partial charge in [0.25, 0.3) is 0 Å². The van der Waals surface area contributed by atoms with Gasteiger partial charge in [-0.2, -0.15) is 0 Å². The number of rotatable bonds is 5. The maximum atomic E-state index is 11.7. The molecule has 0 saturated carbocycles. The third-order valence-electron chi connectivity index (χ3n) is 1.94. The van der Waals surface area contributed by atoms with Crippen molar-refractivity contribution < 1.29 is 13.2 Å². The molecule has 0 bridgehead atoms. The van der Waals surface area contributed by atoms with Gasteiger partial charge in [0.15, 0.2) is 9.84 Å². The average Bonchev–Trinajstić information content (AvgIpc) is 2.18. The number of sulfone groups is 1. The maximum absolute atomic E-state index is 11.7. The number of primary amides is 1. The van der Waals surface area contributed by atoms with Crippen LogP contribution < -0.4 is 5.73 Å². The van der Waals surface area contributed by atoms with Crippen molar-refractivity contribution in [2.75, 3.05) is 5.75 Å². The molecule has 0 aliphatic rings. The zero-order chi connectivity index (χ0) is 11.3. The quantitative estimate of drug-likeness (QED) is 0.866. The van der Waals surface area contributed by atoms with Gasteiger partial charge in [0.2, 0.25) is 5.91 Å². The smallest absolute Gasteiger partial charge is 0.217 e. The molecule has 1 aromatic rings. The summed E-state index contributed by atoms with van der Waals surface area (Å²) in [5.74, 6) is -0.516. The second kappa shape index (κ2) is 6.50. The molecule has 1 aromatic carbocycles. The molecule has 4 nitrogen and oxygen atoms in total. The van der Waals surface area contributed by atoms with Crippen molar-refractivity contribution in [2.45, 2.75) is 17.7 Å². The first kappa shape index (κ1) is 14.9. The van der Waals surface area contributed by atoms with E-state index < -0.39 is 15.7 Å². The van der Waals surface area contributed by atoms with E-state index in [1.165, 1.54) is 0 Å². The first-order chi connectivity index (χ1) is 7.02. The van der Waals surface area contributed by atoms with Crippen LogP contribution in [0.4, 0.5) is 0 Å². The Morgan fingerprint density at radius 3 is 2.25 bits per heavy atom. The van der Waals surface area contributed by atoms with Gasteiger partial charge in [-0.25, -0.2) is 8.42 Å². The van der Waals surface area contributed by atoms with Crippen molar-refractivity contribution in [3.05, 3.63) is 30.3 Å². The third kappa shape index (κ3) is 4.63. The Morgan fingerprint density at radius 2 is 1.75 bits per heavy atom. The van der Waals surface area contributed by atoms with Crippen LogP contribution in [0.15, 0.2) is 35.2 Å². The molecule has 0 spiro atoms. The molecule has 0 saturated heterocycles. The molecule has 16 heavy (non-hydrogen) atoms. The van der Waals surface area contributed by atoms with E-state index in [2.05, 4.69) is 0 Å². The van der Waals surface area contributed by atoms with Gasteiger partial charge < -0.3 is 5.73 Å². The molecule has 0 radical (unpaired) electrons. The van der Waals surface area contributed by atoms with Crippen LogP contribution in [0.1, 0.15) is 12.8 Å². The summed E-state index contributed by atoms with van der Waals surface area (Å²) < 4.78 is 23.3. The molecule has 0 aliphatic heterocycles. The lowest BCUT2D eigenvalue weighted by atomic mass is 10.3. The number of hydrogen-bond acceptors (Lipinski definition) is 3. The number of amides is 1. The van der Waals surface area contributed by atoms with Crippen molar-refractivity contribution >= 4 is 28.2 Å². The van der Waals surface area contributed by atoms with Crippen LogP contribution >= 0.6 is 12.4 Å². The molecular weight excluding hydrogens is 250 g/mol. The van der Waals surface area contributed by atoms with Crippen molar-refractivity contribution in [2.24, 2.45) is 5.73 Å². The molecule has 0 atom stereocenters. The Bertz CT molecular complexity index is 431. The topological polar surface area (TPSA) is 77.2 Å². The number of benzene rings is 1.